The molecule has 0 radical (unpaired) electrons. The summed E-state index contributed by atoms with van der Waals surface area (Å²) in [7, 11) is 4.26. The van der Waals surface area contributed by atoms with Gasteiger partial charge in [-0.05, 0) is 52.6 Å². The predicted octanol–water partition coefficient (Wildman–Crippen LogP) is 5.03. The number of rotatable bonds is 5. The van der Waals surface area contributed by atoms with Crippen molar-refractivity contribution >= 4 is 37.7 Å². The molecule has 2 aliphatic rings. The first-order valence-electron chi connectivity index (χ1n) is 7.99. The summed E-state index contributed by atoms with van der Waals surface area (Å²) in [4.78, 5) is 5.66. The molecule has 122 valence electrons. The summed E-state index contributed by atoms with van der Waals surface area (Å²) in [5.41, 5.74) is 5.54. The molecule has 2 nitrogen and oxygen atoms in total. The molecule has 2 aromatic carbocycles. The lowest BCUT2D eigenvalue weighted by Gasteiger charge is -2.10. The van der Waals surface area contributed by atoms with Gasteiger partial charge in [0.1, 0.15) is 0 Å². The Labute approximate surface area is 149 Å². The zero-order valence-corrected chi connectivity index (χ0v) is 15.5. The molecule has 0 heterocycles. The van der Waals surface area contributed by atoms with Gasteiger partial charge in [-0.2, -0.15) is 4.33 Å². The van der Waals surface area contributed by atoms with E-state index in [1.54, 1.807) is 0 Å². The highest BCUT2D eigenvalue weighted by molar-refractivity contribution is 7.94. The number of hydrogen-bond acceptors (Lipinski definition) is 3. The van der Waals surface area contributed by atoms with Gasteiger partial charge in [0.15, 0.2) is 0 Å². The third-order valence-electron chi connectivity index (χ3n) is 4.57. The summed E-state index contributed by atoms with van der Waals surface area (Å²) < 4.78 is 4.92. The van der Waals surface area contributed by atoms with Crippen LogP contribution in [0.1, 0.15) is 24.0 Å². The fourth-order valence-corrected chi connectivity index (χ4v) is 3.70. The van der Waals surface area contributed by atoms with Crippen molar-refractivity contribution in [2.45, 2.75) is 17.7 Å². The summed E-state index contributed by atoms with van der Waals surface area (Å²) >= 11 is 1.22. The Morgan fingerprint density at radius 2 is 1.42 bits per heavy atom. The van der Waals surface area contributed by atoms with Gasteiger partial charge in [-0.25, -0.2) is 4.89 Å². The Kier molecular flexibility index (Phi) is 4.36. The van der Waals surface area contributed by atoms with Crippen LogP contribution in [-0.2, 0) is 9.22 Å². The van der Waals surface area contributed by atoms with Gasteiger partial charge in [-0.3, -0.25) is 0 Å². The van der Waals surface area contributed by atoms with E-state index >= 15 is 0 Å². The average Bonchev–Trinajstić information content (AvgIpc) is 3.25. The van der Waals surface area contributed by atoms with Crippen LogP contribution in [0.25, 0.3) is 11.1 Å². The van der Waals surface area contributed by atoms with Gasteiger partial charge in [0.05, 0.1) is 19.2 Å². The number of hydrogen-bond donors (Lipinski definition) is 0. The highest BCUT2D eigenvalue weighted by Crippen LogP contribution is 2.57. The summed E-state index contributed by atoms with van der Waals surface area (Å²) in [5.74, 6) is 0. The fourth-order valence-electron chi connectivity index (χ4n) is 3.11. The van der Waals surface area contributed by atoms with E-state index in [1.165, 1.54) is 59.6 Å². The SMILES string of the molecule is COOSc1ccc(C2=CC3(C=C2c2ccc(P)cc2)CC3)cc1. The van der Waals surface area contributed by atoms with Gasteiger partial charge in [0.25, 0.3) is 0 Å². The van der Waals surface area contributed by atoms with Crippen LogP contribution in [0.3, 0.4) is 0 Å². The second kappa shape index (κ2) is 6.50. The van der Waals surface area contributed by atoms with Crippen molar-refractivity contribution in [1.29, 1.82) is 0 Å². The predicted molar refractivity (Wildman–Crippen MR) is 104 cm³/mol. The van der Waals surface area contributed by atoms with Crippen molar-refractivity contribution < 1.29 is 9.22 Å². The maximum Gasteiger partial charge on any atom is 0.0725 e. The average molecular weight is 354 g/mol. The molecule has 1 unspecified atom stereocenters. The van der Waals surface area contributed by atoms with Crippen LogP contribution in [0.15, 0.2) is 65.6 Å². The molecule has 0 amide bonds. The van der Waals surface area contributed by atoms with Gasteiger partial charge in [0, 0.05) is 10.3 Å². The van der Waals surface area contributed by atoms with Crippen molar-refractivity contribution in [1.82, 2.24) is 0 Å². The van der Waals surface area contributed by atoms with Crippen molar-refractivity contribution in [2.75, 3.05) is 7.11 Å². The monoisotopic (exact) mass is 354 g/mol. The van der Waals surface area contributed by atoms with Crippen LogP contribution in [0.4, 0.5) is 0 Å². The summed E-state index contributed by atoms with van der Waals surface area (Å²) in [6.45, 7) is 0. The van der Waals surface area contributed by atoms with Crippen LogP contribution in [0.5, 0.6) is 0 Å². The molecule has 24 heavy (non-hydrogen) atoms. The van der Waals surface area contributed by atoms with E-state index in [2.05, 4.69) is 74.8 Å². The zero-order chi connectivity index (χ0) is 16.6. The Balaban J connectivity index is 1.66. The maximum atomic E-state index is 4.92. The molecule has 1 fully saturated rings. The summed E-state index contributed by atoms with van der Waals surface area (Å²) in [6.07, 6.45) is 7.43. The first-order chi connectivity index (χ1) is 11.7. The largest absolute Gasteiger partial charge is 0.227 e. The lowest BCUT2D eigenvalue weighted by atomic mass is 9.95. The minimum Gasteiger partial charge on any atom is -0.227 e. The molecule has 4 heteroatoms. The van der Waals surface area contributed by atoms with Crippen LogP contribution < -0.4 is 5.30 Å². The highest BCUT2D eigenvalue weighted by atomic mass is 32.2. The summed E-state index contributed by atoms with van der Waals surface area (Å²) in [6, 6.07) is 17.2. The lowest BCUT2D eigenvalue weighted by molar-refractivity contribution is -0.160. The third-order valence-corrected chi connectivity index (χ3v) is 5.62. The van der Waals surface area contributed by atoms with Crippen molar-refractivity contribution in [3.8, 4) is 0 Å². The van der Waals surface area contributed by atoms with Crippen LogP contribution in [0, 0.1) is 5.41 Å². The molecular weight excluding hydrogens is 335 g/mol. The summed E-state index contributed by atoms with van der Waals surface area (Å²) in [5, 5.41) is 1.21. The van der Waals surface area contributed by atoms with Crippen LogP contribution >= 0.6 is 21.3 Å². The van der Waals surface area contributed by atoms with Crippen molar-refractivity contribution in [2.24, 2.45) is 5.41 Å². The quantitative estimate of drug-likeness (QED) is 0.325. The van der Waals surface area contributed by atoms with Gasteiger partial charge in [0.2, 0.25) is 0 Å². The number of benzene rings is 2. The molecule has 4 rings (SSSR count). The Hall–Kier alpha value is -1.38. The van der Waals surface area contributed by atoms with E-state index in [1.807, 2.05) is 0 Å². The van der Waals surface area contributed by atoms with Crippen LogP contribution in [0.2, 0.25) is 0 Å². The van der Waals surface area contributed by atoms with Crippen LogP contribution in [-0.4, -0.2) is 7.11 Å². The minimum atomic E-state index is 0.302. The molecule has 0 bridgehead atoms. The molecule has 0 saturated heterocycles. The topological polar surface area (TPSA) is 18.5 Å². The normalized spacial score (nSPS) is 17.8. The van der Waals surface area contributed by atoms with Gasteiger partial charge in [-0.1, -0.05) is 48.6 Å². The first-order valence-corrected chi connectivity index (χ1v) is 9.31. The second-order valence-electron chi connectivity index (χ2n) is 6.31. The van der Waals surface area contributed by atoms with Gasteiger partial charge < -0.3 is 0 Å². The molecule has 0 aliphatic heterocycles. The smallest absolute Gasteiger partial charge is 0.0725 e. The lowest BCUT2D eigenvalue weighted by Crippen LogP contribution is -1.92. The molecule has 1 atom stereocenters. The van der Waals surface area contributed by atoms with E-state index in [-0.39, 0.29) is 0 Å². The zero-order valence-electron chi connectivity index (χ0n) is 13.5. The Morgan fingerprint density at radius 3 is 1.92 bits per heavy atom. The fraction of sp³-hybridized carbons (Fsp3) is 0.200. The Bertz CT molecular complexity index is 803. The first kappa shape index (κ1) is 16.1. The number of allylic oxidation sites excluding steroid dienone is 4. The van der Waals surface area contributed by atoms with Crippen molar-refractivity contribution in [3.63, 3.8) is 0 Å². The van der Waals surface area contributed by atoms with Gasteiger partial charge in [-0.15, -0.1) is 9.24 Å². The Morgan fingerprint density at radius 1 is 0.875 bits per heavy atom. The van der Waals surface area contributed by atoms with E-state index in [4.69, 9.17) is 4.33 Å². The molecule has 2 aromatic rings. The van der Waals surface area contributed by atoms with E-state index < -0.39 is 0 Å². The third kappa shape index (κ3) is 3.22. The molecule has 0 N–H and O–H groups in total. The van der Waals surface area contributed by atoms with Gasteiger partial charge >= 0.3 is 0 Å². The van der Waals surface area contributed by atoms with E-state index in [0.717, 1.165) is 4.90 Å². The second-order valence-corrected chi connectivity index (χ2v) is 7.75. The van der Waals surface area contributed by atoms with Crippen molar-refractivity contribution in [3.05, 3.63) is 71.8 Å². The molecule has 1 saturated carbocycles. The minimum absolute atomic E-state index is 0.302. The van der Waals surface area contributed by atoms with E-state index in [9.17, 15) is 0 Å². The molecule has 2 aliphatic carbocycles. The molecule has 0 aromatic heterocycles. The highest BCUT2D eigenvalue weighted by Gasteiger charge is 2.43. The maximum absolute atomic E-state index is 4.92. The molecule has 1 spiro atoms. The molecular formula is C20H19O2PS. The standard InChI is InChI=1S/C20H19O2PS/c1-21-22-24-17-8-4-15(5-9-17)19-13-20(10-11-20)12-18(19)14-2-6-16(23)7-3-14/h2-9,12-13H,10-11,23H2,1H3. The van der Waals surface area contributed by atoms with E-state index in [0.29, 0.717) is 5.41 Å².